The van der Waals surface area contributed by atoms with Crippen molar-refractivity contribution in [2.45, 2.75) is 77.6 Å². The van der Waals surface area contributed by atoms with Crippen LogP contribution in [0.2, 0.25) is 0 Å². The van der Waals surface area contributed by atoms with E-state index in [4.69, 9.17) is 0 Å². The summed E-state index contributed by atoms with van der Waals surface area (Å²) in [5.74, 6) is 0. The van der Waals surface area contributed by atoms with Crippen molar-refractivity contribution in [3.8, 4) is 0 Å². The van der Waals surface area contributed by atoms with Gasteiger partial charge in [-0.2, -0.15) is 0 Å². The maximum atomic E-state index is 4.36. The molecule has 1 aromatic heterocycles. The van der Waals surface area contributed by atoms with Gasteiger partial charge >= 0.3 is 0 Å². The molecule has 2 nitrogen and oxygen atoms in total. The fourth-order valence-electron chi connectivity index (χ4n) is 2.41. The lowest BCUT2D eigenvalue weighted by Crippen LogP contribution is -2.23. The summed E-state index contributed by atoms with van der Waals surface area (Å²) >= 11 is 5.07. The Kier molecular flexibility index (Phi) is 7.38. The van der Waals surface area contributed by atoms with Crippen LogP contribution < -0.4 is 0 Å². The predicted molar refractivity (Wildman–Crippen MR) is 83.2 cm³/mol. The molecule has 0 N–H and O–H groups in total. The number of hydrogen-bond acceptors (Lipinski definition) is 3. The standard InChI is InChI=1S/C14H25BrN2S/c1-4-6-8-9-11-14(3,10-7-5-2)12-13(15)18-17-16-12/h4-11H2,1-3H3. The number of hydrogen-bond donors (Lipinski definition) is 0. The van der Waals surface area contributed by atoms with Gasteiger partial charge < -0.3 is 0 Å². The van der Waals surface area contributed by atoms with Crippen LogP contribution in [0.25, 0.3) is 0 Å². The van der Waals surface area contributed by atoms with Gasteiger partial charge in [0.25, 0.3) is 0 Å². The second kappa shape index (κ2) is 8.26. The molecule has 0 radical (unpaired) electrons. The first-order chi connectivity index (χ1) is 8.64. The summed E-state index contributed by atoms with van der Waals surface area (Å²) in [7, 11) is 0. The van der Waals surface area contributed by atoms with Crippen LogP contribution in [-0.4, -0.2) is 9.59 Å². The minimum Gasteiger partial charge on any atom is -0.141 e. The zero-order chi connectivity index (χ0) is 13.4. The Bertz CT molecular complexity index is 340. The molecule has 0 amide bonds. The largest absolute Gasteiger partial charge is 0.141 e. The smallest absolute Gasteiger partial charge is 0.115 e. The fourth-order valence-corrected chi connectivity index (χ4v) is 3.73. The monoisotopic (exact) mass is 332 g/mol. The number of halogens is 1. The SMILES string of the molecule is CCCCCCC(C)(CCCC)c1nnsc1Br. The van der Waals surface area contributed by atoms with Crippen LogP contribution in [0.15, 0.2) is 3.79 Å². The summed E-state index contributed by atoms with van der Waals surface area (Å²) in [6.45, 7) is 6.87. The molecule has 0 aliphatic rings. The molecule has 1 rings (SSSR count). The van der Waals surface area contributed by atoms with Crippen molar-refractivity contribution < 1.29 is 0 Å². The Morgan fingerprint density at radius 3 is 2.28 bits per heavy atom. The van der Waals surface area contributed by atoms with E-state index < -0.39 is 0 Å². The van der Waals surface area contributed by atoms with Gasteiger partial charge in [0.05, 0.1) is 5.69 Å². The van der Waals surface area contributed by atoms with E-state index in [2.05, 4.69) is 46.3 Å². The average molecular weight is 333 g/mol. The lowest BCUT2D eigenvalue weighted by molar-refractivity contribution is 0.358. The summed E-state index contributed by atoms with van der Waals surface area (Å²) < 4.78 is 5.21. The Morgan fingerprint density at radius 2 is 1.72 bits per heavy atom. The molecule has 1 aromatic rings. The van der Waals surface area contributed by atoms with Crippen LogP contribution in [0.4, 0.5) is 0 Å². The van der Waals surface area contributed by atoms with Crippen LogP contribution in [0.5, 0.6) is 0 Å². The van der Waals surface area contributed by atoms with Gasteiger partial charge in [-0.25, -0.2) is 0 Å². The Labute approximate surface area is 124 Å². The van der Waals surface area contributed by atoms with Crippen LogP contribution >= 0.6 is 27.5 Å². The minimum atomic E-state index is 0.204. The van der Waals surface area contributed by atoms with Crippen molar-refractivity contribution in [2.75, 3.05) is 0 Å². The molecule has 0 saturated carbocycles. The van der Waals surface area contributed by atoms with Crippen molar-refractivity contribution in [1.29, 1.82) is 0 Å². The first-order valence-electron chi connectivity index (χ1n) is 7.12. The van der Waals surface area contributed by atoms with E-state index >= 15 is 0 Å². The van der Waals surface area contributed by atoms with E-state index in [-0.39, 0.29) is 5.41 Å². The molecule has 1 unspecified atom stereocenters. The lowest BCUT2D eigenvalue weighted by atomic mass is 9.78. The van der Waals surface area contributed by atoms with Gasteiger partial charge in [-0.1, -0.05) is 63.8 Å². The average Bonchev–Trinajstić information content (AvgIpc) is 2.79. The third kappa shape index (κ3) is 4.61. The maximum absolute atomic E-state index is 4.36. The zero-order valence-electron chi connectivity index (χ0n) is 11.8. The van der Waals surface area contributed by atoms with Crippen molar-refractivity contribution in [3.63, 3.8) is 0 Å². The molecule has 0 aromatic carbocycles. The van der Waals surface area contributed by atoms with Crippen LogP contribution in [0, 0.1) is 0 Å². The summed E-state index contributed by atoms with van der Waals surface area (Å²) in [5, 5.41) is 4.36. The van der Waals surface area contributed by atoms with E-state index in [1.165, 1.54) is 68.6 Å². The summed E-state index contributed by atoms with van der Waals surface area (Å²) in [5.41, 5.74) is 1.38. The lowest BCUT2D eigenvalue weighted by Gasteiger charge is -2.28. The second-order valence-electron chi connectivity index (χ2n) is 5.37. The molecule has 4 heteroatoms. The van der Waals surface area contributed by atoms with Crippen molar-refractivity contribution in [3.05, 3.63) is 9.48 Å². The summed E-state index contributed by atoms with van der Waals surface area (Å²) in [6.07, 6.45) is 10.3. The van der Waals surface area contributed by atoms with Crippen LogP contribution in [-0.2, 0) is 5.41 Å². The Balaban J connectivity index is 2.66. The molecule has 0 aliphatic carbocycles. The molecular formula is C14H25BrN2S. The first-order valence-corrected chi connectivity index (χ1v) is 8.69. The molecule has 0 bridgehead atoms. The van der Waals surface area contributed by atoms with Gasteiger partial charge in [-0.15, -0.1) is 5.10 Å². The molecular weight excluding hydrogens is 308 g/mol. The minimum absolute atomic E-state index is 0.204. The summed E-state index contributed by atoms with van der Waals surface area (Å²) in [4.78, 5) is 0. The highest BCUT2D eigenvalue weighted by Crippen LogP contribution is 2.38. The number of unbranched alkanes of at least 4 members (excludes halogenated alkanes) is 4. The molecule has 1 atom stereocenters. The van der Waals surface area contributed by atoms with Gasteiger partial charge in [-0.05, 0) is 40.3 Å². The van der Waals surface area contributed by atoms with Gasteiger partial charge in [0.1, 0.15) is 3.79 Å². The van der Waals surface area contributed by atoms with Gasteiger partial charge in [0.15, 0.2) is 0 Å². The first kappa shape index (κ1) is 16.1. The van der Waals surface area contributed by atoms with E-state index in [0.29, 0.717) is 0 Å². The van der Waals surface area contributed by atoms with Gasteiger partial charge in [-0.3, -0.25) is 0 Å². The van der Waals surface area contributed by atoms with Crippen LogP contribution in [0.3, 0.4) is 0 Å². The van der Waals surface area contributed by atoms with E-state index in [1.54, 1.807) is 0 Å². The zero-order valence-corrected chi connectivity index (χ0v) is 14.2. The van der Waals surface area contributed by atoms with Crippen molar-refractivity contribution >= 4 is 27.5 Å². The highest BCUT2D eigenvalue weighted by Gasteiger charge is 2.30. The molecule has 0 fully saturated rings. The van der Waals surface area contributed by atoms with E-state index in [0.717, 1.165) is 3.79 Å². The second-order valence-corrected chi connectivity index (χ2v) is 7.44. The van der Waals surface area contributed by atoms with Crippen molar-refractivity contribution in [2.24, 2.45) is 0 Å². The normalized spacial score (nSPS) is 14.7. The molecule has 18 heavy (non-hydrogen) atoms. The molecule has 0 spiro atoms. The van der Waals surface area contributed by atoms with E-state index in [1.807, 2.05) is 0 Å². The van der Waals surface area contributed by atoms with Gasteiger partial charge in [0.2, 0.25) is 0 Å². The molecule has 104 valence electrons. The molecule has 0 saturated heterocycles. The predicted octanol–water partition coefficient (Wildman–Crippen LogP) is 5.72. The van der Waals surface area contributed by atoms with E-state index in [9.17, 15) is 0 Å². The van der Waals surface area contributed by atoms with Gasteiger partial charge in [0, 0.05) is 5.41 Å². The topological polar surface area (TPSA) is 25.8 Å². The number of aromatic nitrogens is 2. The highest BCUT2D eigenvalue weighted by molar-refractivity contribution is 9.11. The quantitative estimate of drug-likeness (QED) is 0.540. The number of nitrogens with zero attached hydrogens (tertiary/aromatic N) is 2. The van der Waals surface area contributed by atoms with Crippen LogP contribution in [0.1, 0.15) is 77.8 Å². The Morgan fingerprint density at radius 1 is 1.06 bits per heavy atom. The third-order valence-corrected chi connectivity index (χ3v) is 5.01. The summed E-state index contributed by atoms with van der Waals surface area (Å²) in [6, 6.07) is 0. The maximum Gasteiger partial charge on any atom is 0.115 e. The highest BCUT2D eigenvalue weighted by atomic mass is 79.9. The molecule has 1 heterocycles. The third-order valence-electron chi connectivity index (χ3n) is 3.68. The Hall–Kier alpha value is 0.0400. The number of rotatable bonds is 9. The fraction of sp³-hybridized carbons (Fsp3) is 0.857. The molecule has 0 aliphatic heterocycles. The van der Waals surface area contributed by atoms with Crippen molar-refractivity contribution in [1.82, 2.24) is 9.59 Å².